The highest BCUT2D eigenvalue weighted by Crippen LogP contribution is 2.31. The number of rotatable bonds is 2. The van der Waals surface area contributed by atoms with Gasteiger partial charge in [0.1, 0.15) is 5.75 Å². The number of carbonyl (C=O) groups excluding carboxylic acids is 1. The van der Waals surface area contributed by atoms with Gasteiger partial charge in [0.05, 0.1) is 11.6 Å². The average molecular weight is 221 g/mol. The second-order valence-corrected chi connectivity index (χ2v) is 3.73. The Morgan fingerprint density at radius 2 is 2.06 bits per heavy atom. The monoisotopic (exact) mass is 221 g/mol. The number of aromatic hydroxyl groups is 1. The summed E-state index contributed by atoms with van der Waals surface area (Å²) < 4.78 is 0. The molecule has 1 atom stereocenters. The van der Waals surface area contributed by atoms with E-state index in [-0.39, 0.29) is 24.6 Å². The summed E-state index contributed by atoms with van der Waals surface area (Å²) in [6.45, 7) is 0.117. The first kappa shape index (κ1) is 10.5. The molecule has 1 heterocycles. The first-order chi connectivity index (χ1) is 7.59. The van der Waals surface area contributed by atoms with Crippen molar-refractivity contribution in [2.24, 2.45) is 5.92 Å². The van der Waals surface area contributed by atoms with Crippen LogP contribution < -0.4 is 4.90 Å². The van der Waals surface area contributed by atoms with Crippen LogP contribution in [-0.4, -0.2) is 28.6 Å². The van der Waals surface area contributed by atoms with Crippen LogP contribution in [-0.2, 0) is 9.59 Å². The third-order valence-corrected chi connectivity index (χ3v) is 2.65. The number of phenolic OH excluding ortho intramolecular Hbond substituents is 1. The summed E-state index contributed by atoms with van der Waals surface area (Å²) in [7, 11) is 0. The number of para-hydroxylation sites is 2. The lowest BCUT2D eigenvalue weighted by Gasteiger charge is -2.17. The van der Waals surface area contributed by atoms with Gasteiger partial charge in [-0.25, -0.2) is 0 Å². The minimum atomic E-state index is -0.980. The topological polar surface area (TPSA) is 77.8 Å². The van der Waals surface area contributed by atoms with E-state index >= 15 is 0 Å². The zero-order valence-corrected chi connectivity index (χ0v) is 8.46. The van der Waals surface area contributed by atoms with E-state index in [1.807, 2.05) is 0 Å². The molecule has 5 heteroatoms. The van der Waals surface area contributed by atoms with Gasteiger partial charge in [0.2, 0.25) is 5.91 Å². The zero-order valence-electron chi connectivity index (χ0n) is 8.46. The van der Waals surface area contributed by atoms with Gasteiger partial charge in [0.15, 0.2) is 0 Å². The molecule has 16 heavy (non-hydrogen) atoms. The molecule has 1 aromatic rings. The summed E-state index contributed by atoms with van der Waals surface area (Å²) >= 11 is 0. The largest absolute Gasteiger partial charge is 0.506 e. The van der Waals surface area contributed by atoms with Gasteiger partial charge in [0, 0.05) is 13.0 Å². The van der Waals surface area contributed by atoms with Crippen LogP contribution >= 0.6 is 0 Å². The van der Waals surface area contributed by atoms with Crippen LogP contribution in [0.5, 0.6) is 5.75 Å². The molecule has 1 aliphatic rings. The van der Waals surface area contributed by atoms with Gasteiger partial charge in [-0.1, -0.05) is 12.1 Å². The van der Waals surface area contributed by atoms with E-state index in [1.165, 1.54) is 11.0 Å². The summed E-state index contributed by atoms with van der Waals surface area (Å²) in [5.74, 6) is -1.95. The Labute approximate surface area is 91.9 Å². The molecular formula is C11H11NO4. The van der Waals surface area contributed by atoms with Crippen molar-refractivity contribution < 1.29 is 19.8 Å². The molecule has 1 aromatic carbocycles. The van der Waals surface area contributed by atoms with E-state index in [9.17, 15) is 14.7 Å². The van der Waals surface area contributed by atoms with Crippen molar-refractivity contribution in [1.82, 2.24) is 0 Å². The molecule has 0 bridgehead atoms. The maximum atomic E-state index is 11.6. The average Bonchev–Trinajstić information content (AvgIpc) is 2.61. The van der Waals surface area contributed by atoms with Crippen LogP contribution in [0.2, 0.25) is 0 Å². The van der Waals surface area contributed by atoms with E-state index < -0.39 is 11.9 Å². The molecule has 0 spiro atoms. The van der Waals surface area contributed by atoms with Crippen LogP contribution in [0.1, 0.15) is 6.42 Å². The Balaban J connectivity index is 2.27. The van der Waals surface area contributed by atoms with E-state index in [2.05, 4.69) is 0 Å². The number of benzene rings is 1. The number of carbonyl (C=O) groups is 2. The van der Waals surface area contributed by atoms with E-state index in [0.717, 1.165) is 0 Å². The number of amides is 1. The van der Waals surface area contributed by atoms with Gasteiger partial charge in [-0.15, -0.1) is 0 Å². The number of nitrogens with zero attached hydrogens (tertiary/aromatic N) is 1. The second-order valence-electron chi connectivity index (χ2n) is 3.73. The van der Waals surface area contributed by atoms with Crippen molar-refractivity contribution in [3.05, 3.63) is 24.3 Å². The van der Waals surface area contributed by atoms with Gasteiger partial charge >= 0.3 is 5.97 Å². The third kappa shape index (κ3) is 1.71. The number of phenols is 1. The van der Waals surface area contributed by atoms with E-state index in [1.54, 1.807) is 18.2 Å². The molecule has 1 saturated heterocycles. The molecule has 2 rings (SSSR count). The molecule has 0 saturated carbocycles. The number of aliphatic carboxylic acids is 1. The van der Waals surface area contributed by atoms with Gasteiger partial charge in [0.25, 0.3) is 0 Å². The van der Waals surface area contributed by atoms with Crippen LogP contribution in [0.4, 0.5) is 5.69 Å². The van der Waals surface area contributed by atoms with E-state index in [0.29, 0.717) is 5.69 Å². The van der Waals surface area contributed by atoms with Gasteiger partial charge in [-0.2, -0.15) is 0 Å². The fraction of sp³-hybridized carbons (Fsp3) is 0.273. The van der Waals surface area contributed by atoms with Crippen LogP contribution in [0.15, 0.2) is 24.3 Å². The smallest absolute Gasteiger partial charge is 0.308 e. The van der Waals surface area contributed by atoms with Crippen molar-refractivity contribution in [3.8, 4) is 5.75 Å². The molecule has 0 aliphatic carbocycles. The Bertz CT molecular complexity index is 443. The van der Waals surface area contributed by atoms with Gasteiger partial charge in [-0.05, 0) is 12.1 Å². The number of hydrogen-bond acceptors (Lipinski definition) is 3. The molecule has 1 fully saturated rings. The molecule has 2 N–H and O–H groups in total. The number of carboxylic acids is 1. The molecule has 0 unspecified atom stereocenters. The second kappa shape index (κ2) is 3.84. The van der Waals surface area contributed by atoms with E-state index in [4.69, 9.17) is 5.11 Å². The van der Waals surface area contributed by atoms with Crippen LogP contribution in [0.25, 0.3) is 0 Å². The Morgan fingerprint density at radius 1 is 1.38 bits per heavy atom. The quantitative estimate of drug-likeness (QED) is 0.775. The Kier molecular flexibility index (Phi) is 2.52. The lowest BCUT2D eigenvalue weighted by atomic mass is 10.1. The van der Waals surface area contributed by atoms with Crippen molar-refractivity contribution in [2.75, 3.05) is 11.4 Å². The number of carboxylic acid groups (broad SMARTS) is 1. The Hall–Kier alpha value is -2.04. The highest BCUT2D eigenvalue weighted by Gasteiger charge is 2.35. The van der Waals surface area contributed by atoms with Gasteiger partial charge in [-0.3, -0.25) is 9.59 Å². The Morgan fingerprint density at radius 3 is 2.62 bits per heavy atom. The summed E-state index contributed by atoms with van der Waals surface area (Å²) in [6.07, 6.45) is -0.0103. The summed E-state index contributed by atoms with van der Waals surface area (Å²) in [5, 5.41) is 18.4. The van der Waals surface area contributed by atoms with Crippen LogP contribution in [0, 0.1) is 5.92 Å². The molecule has 0 radical (unpaired) electrons. The predicted octanol–water partition coefficient (Wildman–Crippen LogP) is 0.830. The van der Waals surface area contributed by atoms with Crippen molar-refractivity contribution in [1.29, 1.82) is 0 Å². The fourth-order valence-corrected chi connectivity index (χ4v) is 1.80. The predicted molar refractivity (Wildman–Crippen MR) is 56.2 cm³/mol. The van der Waals surface area contributed by atoms with Crippen molar-refractivity contribution in [2.45, 2.75) is 6.42 Å². The lowest BCUT2D eigenvalue weighted by Crippen LogP contribution is -2.25. The van der Waals surface area contributed by atoms with Crippen molar-refractivity contribution >= 4 is 17.6 Å². The highest BCUT2D eigenvalue weighted by atomic mass is 16.4. The first-order valence-corrected chi connectivity index (χ1v) is 4.90. The summed E-state index contributed by atoms with van der Waals surface area (Å²) in [4.78, 5) is 23.7. The molecule has 0 aromatic heterocycles. The fourth-order valence-electron chi connectivity index (χ4n) is 1.80. The zero-order chi connectivity index (χ0) is 11.7. The lowest BCUT2D eigenvalue weighted by molar-refractivity contribution is -0.141. The third-order valence-electron chi connectivity index (χ3n) is 2.65. The SMILES string of the molecule is O=C(O)[C@@H]1CC(=O)N(c2ccccc2O)C1. The minimum absolute atomic E-state index is 0.0103. The van der Waals surface area contributed by atoms with Crippen molar-refractivity contribution in [3.63, 3.8) is 0 Å². The molecule has 5 nitrogen and oxygen atoms in total. The molecule has 84 valence electrons. The standard InChI is InChI=1S/C11H11NO4/c13-9-4-2-1-3-8(9)12-6-7(11(15)16)5-10(12)14/h1-4,7,13H,5-6H2,(H,15,16)/t7-/m1/s1. The normalized spacial score (nSPS) is 20.1. The molecule has 1 amide bonds. The maximum absolute atomic E-state index is 11.6. The number of anilines is 1. The number of hydrogen-bond donors (Lipinski definition) is 2. The molecule has 1 aliphatic heterocycles. The first-order valence-electron chi connectivity index (χ1n) is 4.90. The summed E-state index contributed by atoms with van der Waals surface area (Å²) in [6, 6.07) is 6.40. The summed E-state index contributed by atoms with van der Waals surface area (Å²) in [5.41, 5.74) is 0.372. The van der Waals surface area contributed by atoms with Crippen LogP contribution in [0.3, 0.4) is 0 Å². The minimum Gasteiger partial charge on any atom is -0.506 e. The highest BCUT2D eigenvalue weighted by molar-refractivity contribution is 6.00. The van der Waals surface area contributed by atoms with Gasteiger partial charge < -0.3 is 15.1 Å². The molecular weight excluding hydrogens is 210 g/mol. The maximum Gasteiger partial charge on any atom is 0.308 e.